The van der Waals surface area contributed by atoms with E-state index in [1.807, 2.05) is 0 Å². The van der Waals surface area contributed by atoms with Crippen molar-refractivity contribution in [3.63, 3.8) is 0 Å². The van der Waals surface area contributed by atoms with Gasteiger partial charge in [-0.1, -0.05) is 11.6 Å². The van der Waals surface area contributed by atoms with E-state index in [4.69, 9.17) is 16.3 Å². The molecule has 0 saturated carbocycles. The van der Waals surface area contributed by atoms with Gasteiger partial charge in [0.25, 0.3) is 0 Å². The minimum atomic E-state index is -0.681. The fourth-order valence-electron chi connectivity index (χ4n) is 1.91. The molecule has 0 spiro atoms. The highest BCUT2D eigenvalue weighted by Crippen LogP contribution is 2.27. The SMILES string of the molecule is CCOC(=O)Cc1nc2c(C(C)O)cc(Cl)cc2[nH]1. The standard InChI is InChI=1S/C13H15ClN2O3/c1-3-19-12(18)6-11-15-10-5-8(14)4-9(7(2)17)13(10)16-11/h4-5,7,17H,3,6H2,1-2H3,(H,15,16). The highest BCUT2D eigenvalue weighted by Gasteiger charge is 2.14. The van der Waals surface area contributed by atoms with Crippen molar-refractivity contribution in [2.45, 2.75) is 26.4 Å². The van der Waals surface area contributed by atoms with Crippen LogP contribution < -0.4 is 0 Å². The number of esters is 1. The molecule has 1 aromatic carbocycles. The predicted molar refractivity (Wildman–Crippen MR) is 72.1 cm³/mol. The van der Waals surface area contributed by atoms with E-state index in [0.29, 0.717) is 34.1 Å². The van der Waals surface area contributed by atoms with Crippen molar-refractivity contribution in [3.8, 4) is 0 Å². The van der Waals surface area contributed by atoms with Crippen LogP contribution in [0, 0.1) is 0 Å². The quantitative estimate of drug-likeness (QED) is 0.844. The number of rotatable bonds is 4. The molecule has 102 valence electrons. The number of imidazole rings is 1. The summed E-state index contributed by atoms with van der Waals surface area (Å²) < 4.78 is 4.87. The van der Waals surface area contributed by atoms with Crippen molar-refractivity contribution < 1.29 is 14.6 Å². The maximum Gasteiger partial charge on any atom is 0.313 e. The number of aliphatic hydroxyl groups is 1. The summed E-state index contributed by atoms with van der Waals surface area (Å²) in [6.07, 6.45) is -0.612. The molecule has 0 fully saturated rings. The molecule has 0 bridgehead atoms. The Morgan fingerprint density at radius 1 is 1.58 bits per heavy atom. The molecule has 1 aromatic heterocycles. The Morgan fingerprint density at radius 3 is 2.95 bits per heavy atom. The van der Waals surface area contributed by atoms with Gasteiger partial charge in [-0.05, 0) is 26.0 Å². The first kappa shape index (κ1) is 13.8. The lowest BCUT2D eigenvalue weighted by molar-refractivity contribution is -0.142. The second kappa shape index (κ2) is 5.59. The normalized spacial score (nSPS) is 12.6. The third-order valence-corrected chi connectivity index (χ3v) is 2.92. The topological polar surface area (TPSA) is 75.2 Å². The number of aromatic nitrogens is 2. The van der Waals surface area contributed by atoms with Crippen molar-refractivity contribution in [2.24, 2.45) is 0 Å². The van der Waals surface area contributed by atoms with Crippen LogP contribution in [-0.2, 0) is 16.0 Å². The summed E-state index contributed by atoms with van der Waals surface area (Å²) in [7, 11) is 0. The van der Waals surface area contributed by atoms with E-state index in [-0.39, 0.29) is 12.4 Å². The van der Waals surface area contributed by atoms with E-state index in [1.54, 1.807) is 26.0 Å². The largest absolute Gasteiger partial charge is 0.466 e. The zero-order valence-electron chi connectivity index (χ0n) is 10.7. The van der Waals surface area contributed by atoms with Crippen LogP contribution >= 0.6 is 11.6 Å². The summed E-state index contributed by atoms with van der Waals surface area (Å²) in [5, 5.41) is 10.2. The molecule has 2 rings (SSSR count). The predicted octanol–water partition coefficient (Wildman–Crippen LogP) is 2.38. The zero-order chi connectivity index (χ0) is 14.0. The molecule has 0 aliphatic carbocycles. The minimum absolute atomic E-state index is 0.0688. The summed E-state index contributed by atoms with van der Waals surface area (Å²) in [5.74, 6) is 0.156. The summed E-state index contributed by atoms with van der Waals surface area (Å²) in [6, 6.07) is 3.38. The van der Waals surface area contributed by atoms with E-state index >= 15 is 0 Å². The van der Waals surface area contributed by atoms with Gasteiger partial charge in [0.05, 0.1) is 23.7 Å². The Morgan fingerprint density at radius 2 is 2.32 bits per heavy atom. The highest BCUT2D eigenvalue weighted by molar-refractivity contribution is 6.31. The number of fused-ring (bicyclic) bond motifs is 1. The first-order valence-corrected chi connectivity index (χ1v) is 6.40. The van der Waals surface area contributed by atoms with E-state index in [9.17, 15) is 9.90 Å². The van der Waals surface area contributed by atoms with Gasteiger partial charge in [-0.3, -0.25) is 4.79 Å². The molecule has 1 atom stereocenters. The molecule has 1 unspecified atom stereocenters. The van der Waals surface area contributed by atoms with Crippen LogP contribution in [0.15, 0.2) is 12.1 Å². The highest BCUT2D eigenvalue weighted by atomic mass is 35.5. The monoisotopic (exact) mass is 282 g/mol. The average molecular weight is 283 g/mol. The molecule has 0 aliphatic heterocycles. The number of hydrogen-bond donors (Lipinski definition) is 2. The first-order valence-electron chi connectivity index (χ1n) is 6.03. The van der Waals surface area contributed by atoms with Gasteiger partial charge in [-0.2, -0.15) is 0 Å². The number of H-pyrrole nitrogens is 1. The van der Waals surface area contributed by atoms with E-state index in [1.165, 1.54) is 0 Å². The third-order valence-electron chi connectivity index (χ3n) is 2.70. The van der Waals surface area contributed by atoms with Crippen molar-refractivity contribution >= 4 is 28.6 Å². The van der Waals surface area contributed by atoms with Crippen LogP contribution in [0.2, 0.25) is 5.02 Å². The summed E-state index contributed by atoms with van der Waals surface area (Å²) in [6.45, 7) is 3.73. The van der Waals surface area contributed by atoms with Crippen molar-refractivity contribution in [1.29, 1.82) is 0 Å². The molecule has 6 heteroatoms. The number of benzene rings is 1. The van der Waals surface area contributed by atoms with Gasteiger partial charge in [0.2, 0.25) is 0 Å². The Bertz CT molecular complexity index is 607. The molecular weight excluding hydrogens is 268 g/mol. The number of carbonyl (C=O) groups excluding carboxylic acids is 1. The third kappa shape index (κ3) is 3.05. The molecular formula is C13H15ClN2O3. The van der Waals surface area contributed by atoms with Crippen LogP contribution in [0.3, 0.4) is 0 Å². The van der Waals surface area contributed by atoms with Gasteiger partial charge in [-0.15, -0.1) is 0 Å². The molecule has 0 saturated heterocycles. The average Bonchev–Trinajstić information content (AvgIpc) is 2.69. The number of halogens is 1. The first-order chi connectivity index (χ1) is 9.01. The lowest BCUT2D eigenvalue weighted by Crippen LogP contribution is -2.08. The lowest BCUT2D eigenvalue weighted by atomic mass is 10.1. The van der Waals surface area contributed by atoms with Gasteiger partial charge in [0.1, 0.15) is 12.2 Å². The molecule has 0 aliphatic rings. The fraction of sp³-hybridized carbons (Fsp3) is 0.385. The van der Waals surface area contributed by atoms with Crippen LogP contribution in [0.1, 0.15) is 31.3 Å². The molecule has 5 nitrogen and oxygen atoms in total. The van der Waals surface area contributed by atoms with Gasteiger partial charge < -0.3 is 14.8 Å². The summed E-state index contributed by atoms with van der Waals surface area (Å²) in [5.41, 5.74) is 1.95. The van der Waals surface area contributed by atoms with Crippen LogP contribution in [0.5, 0.6) is 0 Å². The molecule has 2 N–H and O–H groups in total. The Hall–Kier alpha value is -1.59. The van der Waals surface area contributed by atoms with Crippen molar-refractivity contribution in [3.05, 3.63) is 28.5 Å². The van der Waals surface area contributed by atoms with Crippen molar-refractivity contribution in [2.75, 3.05) is 6.61 Å². The number of aromatic amines is 1. The number of aliphatic hydroxyl groups excluding tert-OH is 1. The van der Waals surface area contributed by atoms with E-state index in [0.717, 1.165) is 0 Å². The maximum absolute atomic E-state index is 11.4. The number of carbonyl (C=O) groups is 1. The molecule has 1 heterocycles. The van der Waals surface area contributed by atoms with Crippen LogP contribution in [0.4, 0.5) is 0 Å². The van der Waals surface area contributed by atoms with Gasteiger partial charge in [-0.25, -0.2) is 4.98 Å². The number of hydrogen-bond acceptors (Lipinski definition) is 4. The van der Waals surface area contributed by atoms with Crippen LogP contribution in [0.25, 0.3) is 11.0 Å². The summed E-state index contributed by atoms with van der Waals surface area (Å²) in [4.78, 5) is 18.8. The Labute approximate surface area is 115 Å². The van der Waals surface area contributed by atoms with Gasteiger partial charge in [0.15, 0.2) is 0 Å². The second-order valence-electron chi connectivity index (χ2n) is 4.23. The van der Waals surface area contributed by atoms with E-state index in [2.05, 4.69) is 9.97 Å². The van der Waals surface area contributed by atoms with Gasteiger partial charge >= 0.3 is 5.97 Å². The molecule has 0 radical (unpaired) electrons. The minimum Gasteiger partial charge on any atom is -0.466 e. The fourth-order valence-corrected chi connectivity index (χ4v) is 2.14. The molecule has 0 amide bonds. The summed E-state index contributed by atoms with van der Waals surface area (Å²) >= 11 is 5.98. The Balaban J connectivity index is 2.39. The van der Waals surface area contributed by atoms with Crippen molar-refractivity contribution in [1.82, 2.24) is 9.97 Å². The molecule has 19 heavy (non-hydrogen) atoms. The molecule has 2 aromatic rings. The van der Waals surface area contributed by atoms with Crippen LogP contribution in [-0.4, -0.2) is 27.7 Å². The number of nitrogens with zero attached hydrogens (tertiary/aromatic N) is 1. The smallest absolute Gasteiger partial charge is 0.313 e. The number of ether oxygens (including phenoxy) is 1. The van der Waals surface area contributed by atoms with Gasteiger partial charge in [0, 0.05) is 10.6 Å². The maximum atomic E-state index is 11.4. The van der Waals surface area contributed by atoms with E-state index < -0.39 is 6.10 Å². The number of nitrogens with one attached hydrogen (secondary N) is 1. The lowest BCUT2D eigenvalue weighted by Gasteiger charge is -2.05. The Kier molecular flexibility index (Phi) is 4.07. The second-order valence-corrected chi connectivity index (χ2v) is 4.67. The zero-order valence-corrected chi connectivity index (χ0v) is 11.5.